The van der Waals surface area contributed by atoms with E-state index in [0.717, 1.165) is 25.5 Å². The molecule has 0 saturated carbocycles. The first-order valence-corrected chi connectivity index (χ1v) is 5.56. The fourth-order valence-corrected chi connectivity index (χ4v) is 1.92. The Morgan fingerprint density at radius 2 is 2.41 bits per heavy atom. The zero-order chi connectivity index (χ0) is 12.3. The van der Waals surface area contributed by atoms with Crippen molar-refractivity contribution in [3.63, 3.8) is 0 Å². The van der Waals surface area contributed by atoms with Gasteiger partial charge in [-0.3, -0.25) is 0 Å². The van der Waals surface area contributed by atoms with Gasteiger partial charge in [-0.05, 0) is 25.0 Å². The molecule has 1 fully saturated rings. The fraction of sp³-hybridized carbons (Fsp3) is 0.417. The molecule has 0 radical (unpaired) electrons. The van der Waals surface area contributed by atoms with Gasteiger partial charge in [-0.2, -0.15) is 0 Å². The number of benzene rings is 1. The van der Waals surface area contributed by atoms with Gasteiger partial charge in [0, 0.05) is 13.2 Å². The predicted molar refractivity (Wildman–Crippen MR) is 60.8 cm³/mol. The predicted octanol–water partition coefficient (Wildman–Crippen LogP) is 2.11. The Labute approximate surface area is 98.4 Å². The zero-order valence-electron chi connectivity index (χ0n) is 9.28. The molecule has 17 heavy (non-hydrogen) atoms. The van der Waals surface area contributed by atoms with Crippen molar-refractivity contribution in [2.24, 2.45) is 0 Å². The molecule has 1 aromatic carbocycles. The summed E-state index contributed by atoms with van der Waals surface area (Å²) in [6.07, 6.45) is 2.05. The molecule has 2 N–H and O–H groups in total. The molecular weight excluding hydrogens is 225 g/mol. The first-order chi connectivity index (χ1) is 8.18. The number of rotatable bonds is 4. The van der Waals surface area contributed by atoms with Crippen LogP contribution in [-0.2, 0) is 4.74 Å². The van der Waals surface area contributed by atoms with Crippen molar-refractivity contribution in [2.45, 2.75) is 18.9 Å². The van der Waals surface area contributed by atoms with Gasteiger partial charge in [0.2, 0.25) is 0 Å². The lowest BCUT2D eigenvalue weighted by molar-refractivity contribution is 0.0692. The van der Waals surface area contributed by atoms with Gasteiger partial charge in [0.05, 0.1) is 11.8 Å². The van der Waals surface area contributed by atoms with Crippen LogP contribution in [0.1, 0.15) is 23.2 Å². The van der Waals surface area contributed by atoms with Gasteiger partial charge >= 0.3 is 5.97 Å². The molecule has 0 aromatic heterocycles. The number of carboxylic acid groups (broad SMARTS) is 1. The molecule has 2 rings (SSSR count). The average Bonchev–Trinajstić information content (AvgIpc) is 2.78. The van der Waals surface area contributed by atoms with E-state index in [1.165, 1.54) is 6.07 Å². The molecule has 5 heteroatoms. The quantitative estimate of drug-likeness (QED) is 0.844. The van der Waals surface area contributed by atoms with Crippen LogP contribution in [0.3, 0.4) is 0 Å². The van der Waals surface area contributed by atoms with Crippen molar-refractivity contribution in [1.82, 2.24) is 0 Å². The van der Waals surface area contributed by atoms with E-state index in [2.05, 4.69) is 5.32 Å². The minimum atomic E-state index is -1.27. The third-order valence-electron chi connectivity index (χ3n) is 2.77. The molecule has 1 atom stereocenters. The number of hydrogen-bond donors (Lipinski definition) is 2. The summed E-state index contributed by atoms with van der Waals surface area (Å²) in [7, 11) is 0. The highest BCUT2D eigenvalue weighted by Gasteiger charge is 2.18. The van der Waals surface area contributed by atoms with Gasteiger partial charge in [0.25, 0.3) is 0 Å². The highest BCUT2D eigenvalue weighted by molar-refractivity contribution is 5.94. The highest BCUT2D eigenvalue weighted by atomic mass is 19.1. The van der Waals surface area contributed by atoms with Crippen LogP contribution in [0.5, 0.6) is 0 Å². The van der Waals surface area contributed by atoms with Gasteiger partial charge < -0.3 is 15.2 Å². The van der Waals surface area contributed by atoms with Gasteiger partial charge in [-0.15, -0.1) is 0 Å². The standard InChI is InChI=1S/C12H14FNO3/c13-9-4-1-5-10(11(9)12(15)16)14-7-8-3-2-6-17-8/h1,4-5,8,14H,2-3,6-7H2,(H,15,16). The molecule has 0 spiro atoms. The first kappa shape index (κ1) is 11.9. The summed E-state index contributed by atoms with van der Waals surface area (Å²) in [5.74, 6) is -1.99. The second-order valence-electron chi connectivity index (χ2n) is 3.98. The first-order valence-electron chi connectivity index (χ1n) is 5.56. The Bertz CT molecular complexity index is 416. The van der Waals surface area contributed by atoms with E-state index in [1.807, 2.05) is 0 Å². The van der Waals surface area contributed by atoms with Crippen molar-refractivity contribution >= 4 is 11.7 Å². The van der Waals surface area contributed by atoms with Gasteiger partial charge in [0.1, 0.15) is 11.4 Å². The van der Waals surface area contributed by atoms with Crippen molar-refractivity contribution in [2.75, 3.05) is 18.5 Å². The molecule has 1 aliphatic rings. The molecule has 1 heterocycles. The van der Waals surface area contributed by atoms with E-state index in [9.17, 15) is 9.18 Å². The number of carbonyl (C=O) groups is 1. The lowest BCUT2D eigenvalue weighted by Gasteiger charge is -2.13. The Morgan fingerprint density at radius 3 is 3.06 bits per heavy atom. The van der Waals surface area contributed by atoms with Crippen molar-refractivity contribution < 1.29 is 19.0 Å². The number of ether oxygens (including phenoxy) is 1. The summed E-state index contributed by atoms with van der Waals surface area (Å²) in [6, 6.07) is 4.18. The van der Waals surface area contributed by atoms with E-state index in [-0.39, 0.29) is 11.7 Å². The van der Waals surface area contributed by atoms with Crippen molar-refractivity contribution in [3.05, 3.63) is 29.6 Å². The third kappa shape index (κ3) is 2.74. The molecule has 1 aliphatic heterocycles. The summed E-state index contributed by atoms with van der Waals surface area (Å²) in [4.78, 5) is 10.9. The van der Waals surface area contributed by atoms with E-state index in [1.54, 1.807) is 6.07 Å². The normalized spacial score (nSPS) is 19.2. The summed E-state index contributed by atoms with van der Waals surface area (Å²) in [6.45, 7) is 1.24. The second-order valence-corrected chi connectivity index (χ2v) is 3.98. The summed E-state index contributed by atoms with van der Waals surface area (Å²) in [5.41, 5.74) is -0.0153. The van der Waals surface area contributed by atoms with E-state index >= 15 is 0 Å². The van der Waals surface area contributed by atoms with Crippen LogP contribution in [-0.4, -0.2) is 30.3 Å². The minimum absolute atomic E-state index is 0.0833. The zero-order valence-corrected chi connectivity index (χ0v) is 9.28. The molecule has 1 unspecified atom stereocenters. The maximum Gasteiger partial charge on any atom is 0.340 e. The number of aromatic carboxylic acids is 1. The molecule has 0 amide bonds. The van der Waals surface area contributed by atoms with Crippen molar-refractivity contribution in [1.29, 1.82) is 0 Å². The monoisotopic (exact) mass is 239 g/mol. The Hall–Kier alpha value is -1.62. The van der Waals surface area contributed by atoms with Crippen molar-refractivity contribution in [3.8, 4) is 0 Å². The Balaban J connectivity index is 2.09. The van der Waals surface area contributed by atoms with Crippen LogP contribution in [0.2, 0.25) is 0 Å². The molecule has 0 bridgehead atoms. The van der Waals surface area contributed by atoms with Crippen LogP contribution < -0.4 is 5.32 Å². The van der Waals surface area contributed by atoms with E-state index in [4.69, 9.17) is 9.84 Å². The van der Waals surface area contributed by atoms with Crippen LogP contribution in [0.25, 0.3) is 0 Å². The molecule has 1 saturated heterocycles. The number of carboxylic acids is 1. The fourth-order valence-electron chi connectivity index (χ4n) is 1.92. The highest BCUT2D eigenvalue weighted by Crippen LogP contribution is 2.20. The third-order valence-corrected chi connectivity index (χ3v) is 2.77. The van der Waals surface area contributed by atoms with E-state index in [0.29, 0.717) is 12.2 Å². The SMILES string of the molecule is O=C(O)c1c(F)cccc1NCC1CCCO1. The topological polar surface area (TPSA) is 58.6 Å². The van der Waals surface area contributed by atoms with Gasteiger partial charge in [-0.1, -0.05) is 6.07 Å². The maximum absolute atomic E-state index is 13.3. The molecule has 92 valence electrons. The van der Waals surface area contributed by atoms with Gasteiger partial charge in [0.15, 0.2) is 0 Å². The maximum atomic E-state index is 13.3. The average molecular weight is 239 g/mol. The Morgan fingerprint density at radius 1 is 1.59 bits per heavy atom. The number of anilines is 1. The lowest BCUT2D eigenvalue weighted by atomic mass is 10.1. The smallest absolute Gasteiger partial charge is 0.340 e. The molecule has 1 aromatic rings. The summed E-state index contributed by atoms with van der Waals surface area (Å²) >= 11 is 0. The summed E-state index contributed by atoms with van der Waals surface area (Å²) < 4.78 is 18.8. The number of halogens is 1. The van der Waals surface area contributed by atoms with E-state index < -0.39 is 11.8 Å². The minimum Gasteiger partial charge on any atom is -0.478 e. The Kier molecular flexibility index (Phi) is 3.58. The van der Waals surface area contributed by atoms with Crippen LogP contribution >= 0.6 is 0 Å². The second kappa shape index (κ2) is 5.14. The van der Waals surface area contributed by atoms with Crippen LogP contribution in [0, 0.1) is 5.82 Å². The largest absolute Gasteiger partial charge is 0.478 e. The number of hydrogen-bond acceptors (Lipinski definition) is 3. The number of nitrogens with one attached hydrogen (secondary N) is 1. The van der Waals surface area contributed by atoms with Crippen LogP contribution in [0.15, 0.2) is 18.2 Å². The van der Waals surface area contributed by atoms with Gasteiger partial charge in [-0.25, -0.2) is 9.18 Å². The van der Waals surface area contributed by atoms with Crippen LogP contribution in [0.4, 0.5) is 10.1 Å². The molecule has 4 nitrogen and oxygen atoms in total. The lowest BCUT2D eigenvalue weighted by Crippen LogP contribution is -2.20. The molecular formula is C12H14FNO3. The molecule has 0 aliphatic carbocycles. The summed E-state index contributed by atoms with van der Waals surface area (Å²) in [5, 5.41) is 11.9.